The number of thiocarbonyl (C=S) groups is 1. The lowest BCUT2D eigenvalue weighted by molar-refractivity contribution is 0.628. The first-order valence-electron chi connectivity index (χ1n) is 9.91. The molecule has 2 aromatic heterocycles. The maximum absolute atomic E-state index is 13.4. The van der Waals surface area contributed by atoms with Crippen LogP contribution < -0.4 is 16.0 Å². The number of rotatable bonds is 3. The molecule has 0 amide bonds. The van der Waals surface area contributed by atoms with Crippen LogP contribution in [0.5, 0.6) is 0 Å². The maximum Gasteiger partial charge on any atom is 0.229 e. The van der Waals surface area contributed by atoms with E-state index in [1.165, 1.54) is 18.2 Å². The summed E-state index contributed by atoms with van der Waals surface area (Å²) in [5, 5.41) is 10.2. The molecule has 166 valence electrons. The molecule has 0 aliphatic carbocycles. The maximum atomic E-state index is 13.4. The number of fused-ring (bicyclic) bond motifs is 1. The standard InChI is InChI=1S/C23H19ClFN7S/c1-13-9-14(2)28-21(27-13)31-22(29-17-10-15-5-3-4-6-20(15)26-12-17)32-23(33)30-16-7-8-19(25)18(24)11-16/h3-12H,1-2H3,(H3,27,28,29,30,31,32,33). The third-order valence-corrected chi connectivity index (χ3v) is 4.93. The van der Waals surface area contributed by atoms with E-state index >= 15 is 0 Å². The summed E-state index contributed by atoms with van der Waals surface area (Å²) in [6.45, 7) is 3.75. The Labute approximate surface area is 200 Å². The van der Waals surface area contributed by atoms with Crippen LogP contribution in [0.4, 0.5) is 21.7 Å². The van der Waals surface area contributed by atoms with Crippen LogP contribution in [0.3, 0.4) is 0 Å². The number of benzene rings is 2. The van der Waals surface area contributed by atoms with Gasteiger partial charge in [0.2, 0.25) is 17.0 Å². The van der Waals surface area contributed by atoms with Gasteiger partial charge in [0, 0.05) is 22.5 Å². The van der Waals surface area contributed by atoms with E-state index in [2.05, 4.69) is 35.9 Å². The molecule has 4 rings (SSSR count). The first kappa shape index (κ1) is 22.5. The van der Waals surface area contributed by atoms with E-state index < -0.39 is 5.82 Å². The highest BCUT2D eigenvalue weighted by atomic mass is 35.5. The number of anilines is 3. The van der Waals surface area contributed by atoms with Gasteiger partial charge >= 0.3 is 0 Å². The molecule has 0 radical (unpaired) electrons. The van der Waals surface area contributed by atoms with Gasteiger partial charge in [0.25, 0.3) is 0 Å². The summed E-state index contributed by atoms with van der Waals surface area (Å²) in [5.41, 5.74) is 3.68. The molecule has 10 heteroatoms. The van der Waals surface area contributed by atoms with Crippen LogP contribution in [0.1, 0.15) is 11.4 Å². The Morgan fingerprint density at radius 2 is 1.70 bits per heavy atom. The van der Waals surface area contributed by atoms with Crippen molar-refractivity contribution in [3.63, 3.8) is 0 Å². The fraction of sp³-hybridized carbons (Fsp3) is 0.0870. The largest absolute Gasteiger partial charge is 0.331 e. The summed E-state index contributed by atoms with van der Waals surface area (Å²) >= 11 is 11.2. The van der Waals surface area contributed by atoms with E-state index in [4.69, 9.17) is 23.8 Å². The topological polar surface area (TPSA) is 87.1 Å². The molecule has 7 nitrogen and oxygen atoms in total. The highest BCUT2D eigenvalue weighted by molar-refractivity contribution is 7.80. The molecule has 4 aromatic rings. The first-order chi connectivity index (χ1) is 15.9. The molecule has 2 heterocycles. The van der Waals surface area contributed by atoms with Crippen LogP contribution >= 0.6 is 23.8 Å². The highest BCUT2D eigenvalue weighted by Crippen LogP contribution is 2.20. The Kier molecular flexibility index (Phi) is 6.71. The van der Waals surface area contributed by atoms with Crippen molar-refractivity contribution in [2.75, 3.05) is 16.0 Å². The summed E-state index contributed by atoms with van der Waals surface area (Å²) < 4.78 is 13.4. The second-order valence-electron chi connectivity index (χ2n) is 7.16. The van der Waals surface area contributed by atoms with Crippen molar-refractivity contribution in [1.82, 2.24) is 15.0 Å². The number of aromatic nitrogens is 3. The number of halogens is 2. The van der Waals surface area contributed by atoms with E-state index in [-0.39, 0.29) is 16.1 Å². The van der Waals surface area contributed by atoms with Crippen molar-refractivity contribution >= 4 is 63.1 Å². The Morgan fingerprint density at radius 3 is 2.45 bits per heavy atom. The number of hydrogen-bond donors (Lipinski definition) is 3. The van der Waals surface area contributed by atoms with Gasteiger partial charge in [0.05, 0.1) is 22.4 Å². The fourth-order valence-electron chi connectivity index (χ4n) is 3.08. The van der Waals surface area contributed by atoms with Crippen molar-refractivity contribution in [3.8, 4) is 0 Å². The van der Waals surface area contributed by atoms with E-state index in [1.54, 1.807) is 6.20 Å². The van der Waals surface area contributed by atoms with Gasteiger partial charge in [-0.1, -0.05) is 29.8 Å². The first-order valence-corrected chi connectivity index (χ1v) is 10.7. The number of hydrogen-bond acceptors (Lipinski definition) is 4. The Hall–Kier alpha value is -3.69. The van der Waals surface area contributed by atoms with Gasteiger partial charge in [-0.3, -0.25) is 10.3 Å². The van der Waals surface area contributed by atoms with Crippen molar-refractivity contribution in [2.45, 2.75) is 13.8 Å². The van der Waals surface area contributed by atoms with Gasteiger partial charge in [-0.05, 0) is 62.5 Å². The SMILES string of the molecule is Cc1cc(C)nc(N/C(=N\C(=S)Nc2ccc(F)c(Cl)c2)Nc2cnc3ccccc3c2)n1. The number of aryl methyl sites for hydroxylation is 2. The molecule has 0 fully saturated rings. The van der Waals surface area contributed by atoms with Crippen molar-refractivity contribution in [3.05, 3.63) is 83.0 Å². The number of para-hydroxylation sites is 1. The zero-order valence-electron chi connectivity index (χ0n) is 17.7. The van der Waals surface area contributed by atoms with Crippen LogP contribution in [-0.4, -0.2) is 26.0 Å². The lowest BCUT2D eigenvalue weighted by Crippen LogP contribution is -2.26. The van der Waals surface area contributed by atoms with Crippen LogP contribution in [0.2, 0.25) is 5.02 Å². The molecule has 0 saturated heterocycles. The van der Waals surface area contributed by atoms with E-state index in [0.717, 1.165) is 22.3 Å². The second kappa shape index (κ2) is 9.85. The predicted octanol–water partition coefficient (Wildman–Crippen LogP) is 5.71. The summed E-state index contributed by atoms with van der Waals surface area (Å²) in [6.07, 6.45) is 1.69. The van der Waals surface area contributed by atoms with Crippen LogP contribution in [0.25, 0.3) is 10.9 Å². The Balaban J connectivity index is 1.62. The Morgan fingerprint density at radius 1 is 0.939 bits per heavy atom. The zero-order valence-corrected chi connectivity index (χ0v) is 19.3. The molecule has 3 N–H and O–H groups in total. The van der Waals surface area contributed by atoms with E-state index in [1.807, 2.05) is 50.2 Å². The van der Waals surface area contributed by atoms with Gasteiger partial charge in [-0.2, -0.15) is 4.99 Å². The normalized spacial score (nSPS) is 11.3. The quantitative estimate of drug-likeness (QED) is 0.197. The third kappa shape index (κ3) is 5.97. The molecule has 0 unspecified atom stereocenters. The summed E-state index contributed by atoms with van der Waals surface area (Å²) in [6, 6.07) is 15.8. The van der Waals surface area contributed by atoms with Crippen LogP contribution in [0, 0.1) is 19.7 Å². The van der Waals surface area contributed by atoms with Gasteiger partial charge in [-0.25, -0.2) is 14.4 Å². The third-order valence-electron chi connectivity index (χ3n) is 4.45. The average Bonchev–Trinajstić information content (AvgIpc) is 2.75. The Bertz CT molecular complexity index is 1360. The molecular weight excluding hydrogens is 461 g/mol. The molecular formula is C23H19ClFN7S. The van der Waals surface area contributed by atoms with E-state index in [9.17, 15) is 4.39 Å². The van der Waals surface area contributed by atoms with Gasteiger partial charge in [0.15, 0.2) is 0 Å². The van der Waals surface area contributed by atoms with Gasteiger partial charge in [-0.15, -0.1) is 0 Å². The predicted molar refractivity (Wildman–Crippen MR) is 136 cm³/mol. The summed E-state index contributed by atoms with van der Waals surface area (Å²) in [5.74, 6) is 0.124. The number of guanidine groups is 1. The van der Waals surface area contributed by atoms with Crippen molar-refractivity contribution in [1.29, 1.82) is 0 Å². The number of aliphatic imine (C=N–C) groups is 1. The molecule has 0 aliphatic heterocycles. The zero-order chi connectivity index (χ0) is 23.4. The van der Waals surface area contributed by atoms with Gasteiger partial charge in [0.1, 0.15) is 5.82 Å². The molecule has 0 saturated carbocycles. The molecule has 0 spiro atoms. The fourth-order valence-corrected chi connectivity index (χ4v) is 3.47. The van der Waals surface area contributed by atoms with Crippen LogP contribution in [0.15, 0.2) is 65.8 Å². The minimum Gasteiger partial charge on any atom is -0.331 e. The van der Waals surface area contributed by atoms with E-state index in [0.29, 0.717) is 17.3 Å². The molecule has 0 atom stereocenters. The van der Waals surface area contributed by atoms with Crippen LogP contribution in [-0.2, 0) is 0 Å². The number of nitrogens with zero attached hydrogens (tertiary/aromatic N) is 4. The van der Waals surface area contributed by atoms with Crippen molar-refractivity contribution in [2.24, 2.45) is 4.99 Å². The molecule has 0 bridgehead atoms. The second-order valence-corrected chi connectivity index (χ2v) is 7.95. The molecule has 33 heavy (non-hydrogen) atoms. The lowest BCUT2D eigenvalue weighted by Gasteiger charge is -2.13. The highest BCUT2D eigenvalue weighted by Gasteiger charge is 2.09. The van der Waals surface area contributed by atoms with Gasteiger partial charge < -0.3 is 10.6 Å². The minimum absolute atomic E-state index is 0.0193. The summed E-state index contributed by atoms with van der Waals surface area (Å²) in [7, 11) is 0. The number of pyridine rings is 1. The average molecular weight is 480 g/mol. The number of nitrogens with one attached hydrogen (secondary N) is 3. The monoisotopic (exact) mass is 479 g/mol. The summed E-state index contributed by atoms with van der Waals surface area (Å²) in [4.78, 5) is 17.7. The molecule has 0 aliphatic rings. The molecule has 2 aromatic carbocycles. The van der Waals surface area contributed by atoms with Crippen molar-refractivity contribution < 1.29 is 4.39 Å². The lowest BCUT2D eigenvalue weighted by atomic mass is 10.2. The minimum atomic E-state index is -0.517. The smallest absolute Gasteiger partial charge is 0.229 e.